The lowest BCUT2D eigenvalue weighted by atomic mass is 10.1. The largest absolute Gasteiger partial charge is 0.493 e. The van der Waals surface area contributed by atoms with E-state index in [9.17, 15) is 22.8 Å². The average Bonchev–Trinajstić information content (AvgIpc) is 3.16. The number of nitrogens with one attached hydrogen (secondary N) is 1. The zero-order chi connectivity index (χ0) is 26.6. The summed E-state index contributed by atoms with van der Waals surface area (Å²) in [7, 11) is 2.88. The number of halogens is 4. The van der Waals surface area contributed by atoms with Crippen molar-refractivity contribution >= 4 is 29.2 Å². The highest BCUT2D eigenvalue weighted by Crippen LogP contribution is 2.38. The lowest BCUT2D eigenvalue weighted by molar-refractivity contribution is -0.189. The third-order valence-electron chi connectivity index (χ3n) is 5.02. The summed E-state index contributed by atoms with van der Waals surface area (Å²) in [4.78, 5) is 24.4. The van der Waals surface area contributed by atoms with Gasteiger partial charge in [-0.05, 0) is 37.3 Å². The molecular weight excluding hydrogens is 505 g/mol. The fourth-order valence-corrected chi connectivity index (χ4v) is 3.62. The number of aryl methyl sites for hydroxylation is 1. The van der Waals surface area contributed by atoms with Crippen molar-refractivity contribution in [3.63, 3.8) is 0 Å². The zero-order valence-corrected chi connectivity index (χ0v) is 20.2. The number of carbonyl (C=O) groups is 2. The molecule has 0 unspecified atom stereocenters. The fraction of sp³-hybridized carbons (Fsp3) is 0.261. The molecule has 3 rings (SSSR count). The van der Waals surface area contributed by atoms with Gasteiger partial charge in [0, 0.05) is 36.0 Å². The fourth-order valence-electron chi connectivity index (χ4n) is 3.35. The van der Waals surface area contributed by atoms with Crippen LogP contribution in [0.15, 0.2) is 36.5 Å². The molecule has 0 saturated heterocycles. The third-order valence-corrected chi connectivity index (χ3v) is 5.30. The number of hydrogen-bond acceptors (Lipinski definition) is 7. The van der Waals surface area contributed by atoms with Crippen molar-refractivity contribution in [3.8, 4) is 28.5 Å². The topological polar surface area (TPSA) is 118 Å². The summed E-state index contributed by atoms with van der Waals surface area (Å²) in [6.07, 6.45) is -3.77. The summed E-state index contributed by atoms with van der Waals surface area (Å²) in [5, 5.41) is 7.14. The van der Waals surface area contributed by atoms with E-state index in [4.69, 9.17) is 26.8 Å². The van der Waals surface area contributed by atoms with Crippen LogP contribution in [0.2, 0.25) is 5.02 Å². The Kier molecular flexibility index (Phi) is 8.10. The molecule has 0 spiro atoms. The van der Waals surface area contributed by atoms with E-state index in [1.807, 2.05) is 0 Å². The molecule has 0 aliphatic rings. The minimum Gasteiger partial charge on any atom is -0.493 e. The van der Waals surface area contributed by atoms with Crippen LogP contribution in [0.1, 0.15) is 15.9 Å². The molecule has 0 radical (unpaired) electrons. The first-order valence-electron chi connectivity index (χ1n) is 10.4. The van der Waals surface area contributed by atoms with Gasteiger partial charge in [-0.3, -0.25) is 9.48 Å². The molecule has 1 aromatic heterocycles. The van der Waals surface area contributed by atoms with Crippen molar-refractivity contribution in [2.24, 2.45) is 12.8 Å². The van der Waals surface area contributed by atoms with E-state index in [0.29, 0.717) is 27.7 Å². The lowest BCUT2D eigenvalue weighted by Gasteiger charge is -2.17. The second-order valence-electron chi connectivity index (χ2n) is 7.42. The normalized spacial score (nSPS) is 11.2. The molecule has 0 aliphatic carbocycles. The predicted octanol–water partition coefficient (Wildman–Crippen LogP) is 4.12. The van der Waals surface area contributed by atoms with Crippen LogP contribution >= 0.6 is 11.6 Å². The molecular formula is C23H22ClF3N4O5. The zero-order valence-electron chi connectivity index (χ0n) is 19.4. The predicted molar refractivity (Wildman–Crippen MR) is 126 cm³/mol. The second-order valence-corrected chi connectivity index (χ2v) is 7.83. The van der Waals surface area contributed by atoms with Gasteiger partial charge in [-0.1, -0.05) is 11.6 Å². The molecule has 36 heavy (non-hydrogen) atoms. The summed E-state index contributed by atoms with van der Waals surface area (Å²) < 4.78 is 55.0. The van der Waals surface area contributed by atoms with Gasteiger partial charge < -0.3 is 25.3 Å². The number of amides is 1. The SMILES string of the molecule is COc1ccc(C(=O)Nc2ccc(OCCN)c(-c3c(Cl)cnn3C)c2)c(C)c1OC(=O)C(F)(F)F. The van der Waals surface area contributed by atoms with Crippen LogP contribution in [-0.2, 0) is 11.8 Å². The van der Waals surface area contributed by atoms with E-state index in [1.165, 1.54) is 37.0 Å². The van der Waals surface area contributed by atoms with Gasteiger partial charge in [-0.15, -0.1) is 0 Å². The third kappa shape index (κ3) is 5.71. The summed E-state index contributed by atoms with van der Waals surface area (Å²) in [5.74, 6) is -3.31. The van der Waals surface area contributed by atoms with Crippen LogP contribution in [0.25, 0.3) is 11.3 Å². The first-order valence-corrected chi connectivity index (χ1v) is 10.8. The number of aromatic nitrogens is 2. The molecule has 1 heterocycles. The van der Waals surface area contributed by atoms with Crippen molar-refractivity contribution in [2.75, 3.05) is 25.6 Å². The number of rotatable bonds is 8. The van der Waals surface area contributed by atoms with Gasteiger partial charge in [-0.2, -0.15) is 18.3 Å². The summed E-state index contributed by atoms with van der Waals surface area (Å²) in [6.45, 7) is 1.84. The highest BCUT2D eigenvalue weighted by Gasteiger charge is 2.42. The van der Waals surface area contributed by atoms with Crippen molar-refractivity contribution in [1.82, 2.24) is 9.78 Å². The molecule has 13 heteroatoms. The maximum Gasteiger partial charge on any atom is 0.491 e. The van der Waals surface area contributed by atoms with Crippen LogP contribution in [0.5, 0.6) is 17.2 Å². The minimum atomic E-state index is -5.23. The Bertz CT molecular complexity index is 1270. The number of benzene rings is 2. The van der Waals surface area contributed by atoms with Crippen molar-refractivity contribution < 1.29 is 37.0 Å². The van der Waals surface area contributed by atoms with Crippen LogP contribution in [-0.4, -0.2) is 48.1 Å². The van der Waals surface area contributed by atoms with Gasteiger partial charge in [-0.25, -0.2) is 4.79 Å². The number of alkyl halides is 3. The number of ether oxygens (including phenoxy) is 3. The number of anilines is 1. The Hall–Kier alpha value is -3.77. The molecule has 0 aliphatic heterocycles. The molecule has 3 aromatic rings. The molecule has 192 valence electrons. The maximum atomic E-state index is 13.1. The van der Waals surface area contributed by atoms with Gasteiger partial charge in [0.2, 0.25) is 0 Å². The van der Waals surface area contributed by atoms with E-state index < -0.39 is 23.8 Å². The van der Waals surface area contributed by atoms with Gasteiger partial charge in [0.05, 0.1) is 24.0 Å². The number of nitrogens with zero attached hydrogens (tertiary/aromatic N) is 2. The highest BCUT2D eigenvalue weighted by molar-refractivity contribution is 6.33. The molecule has 0 saturated carbocycles. The Morgan fingerprint density at radius 2 is 1.89 bits per heavy atom. The van der Waals surface area contributed by atoms with Gasteiger partial charge in [0.15, 0.2) is 11.5 Å². The quantitative estimate of drug-likeness (QED) is 0.335. The van der Waals surface area contributed by atoms with Crippen LogP contribution in [0.3, 0.4) is 0 Å². The number of carbonyl (C=O) groups excluding carboxylic acids is 2. The maximum absolute atomic E-state index is 13.1. The van der Waals surface area contributed by atoms with E-state index in [0.717, 1.165) is 0 Å². The molecule has 9 nitrogen and oxygen atoms in total. The number of methoxy groups -OCH3 is 1. The van der Waals surface area contributed by atoms with E-state index in [-0.39, 0.29) is 30.0 Å². The van der Waals surface area contributed by atoms with Crippen LogP contribution < -0.4 is 25.3 Å². The number of hydrogen-bond donors (Lipinski definition) is 2. The van der Waals surface area contributed by atoms with Crippen molar-refractivity contribution in [3.05, 3.63) is 52.7 Å². The Labute approximate surface area is 208 Å². The van der Waals surface area contributed by atoms with Gasteiger partial charge in [0.1, 0.15) is 12.4 Å². The minimum absolute atomic E-state index is 0.0257. The number of esters is 1. The summed E-state index contributed by atoms with van der Waals surface area (Å²) in [5.41, 5.74) is 6.86. The molecule has 2 aromatic carbocycles. The number of nitrogens with two attached hydrogens (primary N) is 1. The van der Waals surface area contributed by atoms with E-state index >= 15 is 0 Å². The van der Waals surface area contributed by atoms with Crippen LogP contribution in [0.4, 0.5) is 18.9 Å². The van der Waals surface area contributed by atoms with E-state index in [1.54, 1.807) is 25.2 Å². The van der Waals surface area contributed by atoms with Crippen molar-refractivity contribution in [2.45, 2.75) is 13.1 Å². The summed E-state index contributed by atoms with van der Waals surface area (Å²) >= 11 is 6.30. The van der Waals surface area contributed by atoms with Gasteiger partial charge >= 0.3 is 12.1 Å². The smallest absolute Gasteiger partial charge is 0.491 e. The second kappa shape index (κ2) is 10.9. The van der Waals surface area contributed by atoms with Crippen molar-refractivity contribution in [1.29, 1.82) is 0 Å². The first-order chi connectivity index (χ1) is 17.0. The molecule has 3 N–H and O–H groups in total. The average molecular weight is 527 g/mol. The van der Waals surface area contributed by atoms with E-state index in [2.05, 4.69) is 15.2 Å². The van der Waals surface area contributed by atoms with Gasteiger partial charge in [0.25, 0.3) is 5.91 Å². The molecule has 0 fully saturated rings. The monoisotopic (exact) mass is 526 g/mol. The lowest BCUT2D eigenvalue weighted by Crippen LogP contribution is -2.28. The highest BCUT2D eigenvalue weighted by atomic mass is 35.5. The van der Waals surface area contributed by atoms with Crippen LogP contribution in [0, 0.1) is 6.92 Å². The molecule has 0 atom stereocenters. The Balaban J connectivity index is 1.97. The first kappa shape index (κ1) is 26.8. The molecule has 1 amide bonds. The Morgan fingerprint density at radius 3 is 2.47 bits per heavy atom. The standard InChI is InChI=1S/C23H22ClF3N4O5/c1-12-14(5-7-18(34-3)20(12)36-22(33)23(25,26)27)21(32)30-13-4-6-17(35-9-8-28)15(10-13)19-16(24)11-29-31(19)2/h4-7,10-11H,8-9,28H2,1-3H3,(H,30,32). The summed E-state index contributed by atoms with van der Waals surface area (Å²) in [6, 6.07) is 7.36. The molecule has 0 bridgehead atoms. The Morgan fingerprint density at radius 1 is 1.19 bits per heavy atom.